The Morgan fingerprint density at radius 1 is 0.968 bits per heavy atom. The van der Waals surface area contributed by atoms with Crippen molar-refractivity contribution in [3.63, 3.8) is 0 Å². The van der Waals surface area contributed by atoms with E-state index in [-0.39, 0.29) is 5.78 Å². The average molecular weight is 402 g/mol. The van der Waals surface area contributed by atoms with E-state index < -0.39 is 23.4 Å². The lowest BCUT2D eigenvalue weighted by Gasteiger charge is -2.34. The van der Waals surface area contributed by atoms with E-state index in [1.807, 2.05) is 65.7 Å². The Labute approximate surface area is 180 Å². The Hall–Kier alpha value is -4.22. The van der Waals surface area contributed by atoms with Gasteiger partial charge in [-0.2, -0.15) is 10.5 Å². The van der Waals surface area contributed by atoms with Gasteiger partial charge in [0.2, 0.25) is 0 Å². The van der Waals surface area contributed by atoms with Gasteiger partial charge in [-0.25, -0.2) is 0 Å². The van der Waals surface area contributed by atoms with Crippen molar-refractivity contribution in [1.29, 1.82) is 10.5 Å². The Morgan fingerprint density at radius 2 is 1.71 bits per heavy atom. The molecule has 1 saturated heterocycles. The lowest BCUT2D eigenvalue weighted by molar-refractivity contribution is 0.0874. The predicted octanol–water partition coefficient (Wildman–Crippen LogP) is 4.49. The second-order valence-electron chi connectivity index (χ2n) is 7.83. The fraction of sp³-hybridized carbons (Fsp3) is 0.154. The van der Waals surface area contributed by atoms with E-state index in [2.05, 4.69) is 17.1 Å². The van der Waals surface area contributed by atoms with Crippen LogP contribution in [0.3, 0.4) is 0 Å². The van der Waals surface area contributed by atoms with Crippen molar-refractivity contribution in [2.45, 2.75) is 18.0 Å². The van der Waals surface area contributed by atoms with Crippen LogP contribution in [0.25, 0.3) is 6.08 Å². The molecule has 0 amide bonds. The highest BCUT2D eigenvalue weighted by Gasteiger charge is 2.63. The molecule has 0 spiro atoms. The van der Waals surface area contributed by atoms with Crippen LogP contribution >= 0.6 is 0 Å². The molecule has 5 rings (SSSR count). The number of hydrogen-bond donors (Lipinski definition) is 0. The second-order valence-corrected chi connectivity index (χ2v) is 7.83. The summed E-state index contributed by atoms with van der Waals surface area (Å²) in [6.07, 6.45) is 7.11. The quantitative estimate of drug-likeness (QED) is 0.603. The molecule has 0 saturated carbocycles. The monoisotopic (exact) mass is 402 g/mol. The third kappa shape index (κ3) is 2.68. The Bertz CT molecular complexity index is 1240. The zero-order valence-corrected chi connectivity index (χ0v) is 16.6. The number of hydrogen-bond acceptors (Lipinski definition) is 5. The van der Waals surface area contributed by atoms with Crippen molar-refractivity contribution in [2.75, 3.05) is 0 Å². The average Bonchev–Trinajstić information content (AvgIpc) is 3.15. The normalized spacial score (nSPS) is 22.6. The first-order valence-electron chi connectivity index (χ1n) is 10.1. The Morgan fingerprint density at radius 3 is 2.42 bits per heavy atom. The Kier molecular flexibility index (Phi) is 4.38. The van der Waals surface area contributed by atoms with Crippen LogP contribution in [0.5, 0.6) is 0 Å². The largest absolute Gasteiger partial charge is 0.357 e. The zero-order valence-electron chi connectivity index (χ0n) is 16.6. The summed E-state index contributed by atoms with van der Waals surface area (Å²) in [5, 5.41) is 20.9. The number of fused-ring (bicyclic) bond motifs is 3. The van der Waals surface area contributed by atoms with Crippen LogP contribution in [0.4, 0.5) is 0 Å². The van der Waals surface area contributed by atoms with Gasteiger partial charge in [0.1, 0.15) is 6.04 Å². The van der Waals surface area contributed by atoms with E-state index in [1.54, 1.807) is 30.6 Å². The molecule has 0 aliphatic carbocycles. The third-order valence-electron chi connectivity index (χ3n) is 6.31. The molecule has 0 bridgehead atoms. The number of benzene rings is 2. The van der Waals surface area contributed by atoms with Gasteiger partial charge in [0.05, 0.1) is 18.2 Å². The number of carbonyl (C=O) groups excluding carboxylic acids is 1. The number of pyridine rings is 1. The number of nitrogens with zero attached hydrogens (tertiary/aromatic N) is 4. The van der Waals surface area contributed by atoms with Gasteiger partial charge >= 0.3 is 0 Å². The maximum absolute atomic E-state index is 13.8. The second kappa shape index (κ2) is 7.23. The van der Waals surface area contributed by atoms with Crippen molar-refractivity contribution >= 4 is 11.9 Å². The van der Waals surface area contributed by atoms with Gasteiger partial charge in [-0.05, 0) is 28.8 Å². The summed E-state index contributed by atoms with van der Waals surface area (Å²) >= 11 is 0. The maximum Gasteiger partial charge on any atom is 0.185 e. The van der Waals surface area contributed by atoms with Crippen molar-refractivity contribution < 1.29 is 4.79 Å². The highest BCUT2D eigenvalue weighted by Crippen LogP contribution is 2.59. The summed E-state index contributed by atoms with van der Waals surface area (Å²) in [6.45, 7) is 0. The molecule has 31 heavy (non-hydrogen) atoms. The molecule has 0 N–H and O–H groups in total. The molecule has 148 valence electrons. The summed E-state index contributed by atoms with van der Waals surface area (Å²) in [5.74, 6) is -0.777. The smallest absolute Gasteiger partial charge is 0.185 e. The molecule has 2 aliphatic rings. The fourth-order valence-corrected chi connectivity index (χ4v) is 5.00. The first kappa shape index (κ1) is 18.8. The summed E-state index contributed by atoms with van der Waals surface area (Å²) in [7, 11) is 0. The minimum absolute atomic E-state index is 0.115. The van der Waals surface area contributed by atoms with Gasteiger partial charge in [-0.3, -0.25) is 9.78 Å². The number of rotatable bonds is 3. The summed E-state index contributed by atoms with van der Waals surface area (Å²) in [4.78, 5) is 19.9. The highest BCUT2D eigenvalue weighted by molar-refractivity contribution is 6.01. The molecule has 2 aliphatic heterocycles. The molecule has 2 aromatic carbocycles. The van der Waals surface area contributed by atoms with Crippen molar-refractivity contribution in [3.8, 4) is 12.1 Å². The van der Waals surface area contributed by atoms with Crippen LogP contribution in [0.1, 0.15) is 39.0 Å². The molecule has 5 nitrogen and oxygen atoms in total. The predicted molar refractivity (Wildman–Crippen MR) is 115 cm³/mol. The summed E-state index contributed by atoms with van der Waals surface area (Å²) in [5.41, 5.74) is 1.64. The van der Waals surface area contributed by atoms with Crippen LogP contribution in [-0.4, -0.2) is 21.7 Å². The maximum atomic E-state index is 13.8. The standard InChI is InChI=1S/C26H18N4O/c27-16-26(17-28)22(20-10-6-13-29-15-20)23(24(31)19-8-2-1-3-9-19)30-14-12-18-7-4-5-11-21(18)25(26)30/h1-15,22-23,25H. The van der Waals surface area contributed by atoms with Gasteiger partial charge < -0.3 is 4.90 Å². The molecule has 0 radical (unpaired) electrons. The summed E-state index contributed by atoms with van der Waals surface area (Å²) < 4.78 is 0. The van der Waals surface area contributed by atoms with Crippen LogP contribution in [0.15, 0.2) is 85.3 Å². The number of carbonyl (C=O) groups is 1. The van der Waals surface area contributed by atoms with E-state index >= 15 is 0 Å². The molecular formula is C26H18N4O. The van der Waals surface area contributed by atoms with Crippen LogP contribution in [-0.2, 0) is 0 Å². The molecule has 3 heterocycles. The highest BCUT2D eigenvalue weighted by atomic mass is 16.1. The van der Waals surface area contributed by atoms with Crippen LogP contribution in [0.2, 0.25) is 0 Å². The lowest BCUT2D eigenvalue weighted by atomic mass is 9.67. The number of Topliss-reactive ketones (excluding diaryl/α,β-unsaturated/α-hetero) is 1. The topological polar surface area (TPSA) is 80.8 Å². The first-order chi connectivity index (χ1) is 15.2. The molecule has 3 unspecified atom stereocenters. The molecule has 3 aromatic rings. The molecular weight excluding hydrogens is 384 g/mol. The minimum atomic E-state index is -1.46. The SMILES string of the molecule is N#CC1(C#N)C(c2cccnc2)C(C(=O)c2ccccc2)N2C=Cc3ccccc3C21. The van der Waals surface area contributed by atoms with Crippen molar-refractivity contribution in [3.05, 3.63) is 108 Å². The van der Waals surface area contributed by atoms with E-state index in [4.69, 9.17) is 0 Å². The third-order valence-corrected chi connectivity index (χ3v) is 6.31. The van der Waals surface area contributed by atoms with Gasteiger partial charge in [-0.1, -0.05) is 60.7 Å². The van der Waals surface area contributed by atoms with E-state index in [9.17, 15) is 15.3 Å². The van der Waals surface area contributed by atoms with Gasteiger partial charge in [0, 0.05) is 30.1 Å². The zero-order chi connectivity index (χ0) is 21.4. The van der Waals surface area contributed by atoms with Gasteiger partial charge in [0.15, 0.2) is 11.2 Å². The fourth-order valence-electron chi connectivity index (χ4n) is 5.00. The molecule has 1 fully saturated rings. The Balaban J connectivity index is 1.78. The van der Waals surface area contributed by atoms with E-state index in [0.29, 0.717) is 11.1 Å². The first-order valence-corrected chi connectivity index (χ1v) is 10.1. The lowest BCUT2D eigenvalue weighted by Crippen LogP contribution is -2.37. The molecule has 3 atom stereocenters. The van der Waals surface area contributed by atoms with Gasteiger partial charge in [0.25, 0.3) is 0 Å². The number of ketones is 1. The van der Waals surface area contributed by atoms with E-state index in [0.717, 1.165) is 11.1 Å². The van der Waals surface area contributed by atoms with Crippen molar-refractivity contribution in [2.24, 2.45) is 5.41 Å². The van der Waals surface area contributed by atoms with Crippen LogP contribution < -0.4 is 0 Å². The van der Waals surface area contributed by atoms with Crippen LogP contribution in [0, 0.1) is 28.1 Å². The number of nitriles is 2. The van der Waals surface area contributed by atoms with Gasteiger partial charge in [-0.15, -0.1) is 0 Å². The van der Waals surface area contributed by atoms with Crippen molar-refractivity contribution in [1.82, 2.24) is 9.88 Å². The summed E-state index contributed by atoms with van der Waals surface area (Å²) in [6, 6.07) is 23.8. The van der Waals surface area contributed by atoms with E-state index in [1.165, 1.54) is 0 Å². The number of aromatic nitrogens is 1. The minimum Gasteiger partial charge on any atom is -0.357 e. The molecule has 1 aromatic heterocycles. The molecule has 5 heteroatoms.